The van der Waals surface area contributed by atoms with Crippen LogP contribution in [-0.4, -0.2) is 33.6 Å². The minimum absolute atomic E-state index is 0.628. The van der Waals surface area contributed by atoms with E-state index in [1.54, 1.807) is 6.20 Å². The molecule has 1 saturated heterocycles. The predicted molar refractivity (Wildman–Crippen MR) is 66.6 cm³/mol. The molecular formula is C13H14N4. The second kappa shape index (κ2) is 4.05. The summed E-state index contributed by atoms with van der Waals surface area (Å²) in [4.78, 5) is 2.09. The van der Waals surface area contributed by atoms with E-state index in [0.717, 1.165) is 24.3 Å². The Bertz CT molecular complexity index is 509. The molecule has 17 heavy (non-hydrogen) atoms. The van der Waals surface area contributed by atoms with Crippen LogP contribution in [0.25, 0.3) is 5.69 Å². The van der Waals surface area contributed by atoms with Crippen molar-refractivity contribution in [3.63, 3.8) is 0 Å². The summed E-state index contributed by atoms with van der Waals surface area (Å²) in [5, 5.41) is 12.2. The highest BCUT2D eigenvalue weighted by atomic mass is 15.3. The molecule has 1 aromatic heterocycles. The number of amidine groups is 1. The largest absolute Gasteiger partial charge is 0.356 e. The van der Waals surface area contributed by atoms with Gasteiger partial charge < -0.3 is 4.90 Å². The van der Waals surface area contributed by atoms with E-state index in [2.05, 4.69) is 10.00 Å². The van der Waals surface area contributed by atoms with Gasteiger partial charge in [-0.15, -0.1) is 0 Å². The molecule has 0 spiro atoms. The third kappa shape index (κ3) is 1.82. The molecule has 1 fully saturated rings. The molecule has 0 unspecified atom stereocenters. The molecule has 4 heteroatoms. The van der Waals surface area contributed by atoms with Gasteiger partial charge in [0.25, 0.3) is 0 Å². The van der Waals surface area contributed by atoms with Crippen molar-refractivity contribution in [2.75, 3.05) is 13.1 Å². The third-order valence-corrected chi connectivity index (χ3v) is 3.08. The molecule has 86 valence electrons. The molecule has 0 bridgehead atoms. The van der Waals surface area contributed by atoms with E-state index < -0.39 is 0 Å². The van der Waals surface area contributed by atoms with Crippen molar-refractivity contribution in [3.8, 4) is 5.69 Å². The van der Waals surface area contributed by atoms with E-state index in [9.17, 15) is 0 Å². The number of nitrogens with zero attached hydrogens (tertiary/aromatic N) is 3. The summed E-state index contributed by atoms with van der Waals surface area (Å²) < 4.78 is 1.82. The number of aromatic nitrogens is 2. The number of nitrogens with one attached hydrogen (secondary N) is 1. The van der Waals surface area contributed by atoms with Crippen LogP contribution in [0.4, 0.5) is 0 Å². The zero-order valence-electron chi connectivity index (χ0n) is 9.50. The van der Waals surface area contributed by atoms with E-state index in [1.807, 2.05) is 41.2 Å². The predicted octanol–water partition coefficient (Wildman–Crippen LogP) is 1.90. The maximum atomic E-state index is 8.04. The maximum Gasteiger partial charge on any atom is 0.128 e. The molecule has 1 aliphatic heterocycles. The summed E-state index contributed by atoms with van der Waals surface area (Å²) in [5.41, 5.74) is 2.00. The summed E-state index contributed by atoms with van der Waals surface area (Å²) in [7, 11) is 0. The first-order valence-electron chi connectivity index (χ1n) is 5.78. The zero-order valence-corrected chi connectivity index (χ0v) is 9.50. The maximum absolute atomic E-state index is 8.04. The van der Waals surface area contributed by atoms with Crippen LogP contribution in [0.15, 0.2) is 42.7 Å². The molecule has 2 heterocycles. The fraction of sp³-hybridized carbons (Fsp3) is 0.231. The topological polar surface area (TPSA) is 44.9 Å². The highest BCUT2D eigenvalue weighted by molar-refractivity contribution is 5.96. The van der Waals surface area contributed by atoms with Gasteiger partial charge in [0.15, 0.2) is 0 Å². The van der Waals surface area contributed by atoms with Gasteiger partial charge in [0, 0.05) is 31.0 Å². The van der Waals surface area contributed by atoms with Crippen molar-refractivity contribution >= 4 is 5.84 Å². The first-order chi connectivity index (χ1) is 8.34. The van der Waals surface area contributed by atoms with Crippen molar-refractivity contribution in [3.05, 3.63) is 48.3 Å². The summed E-state index contributed by atoms with van der Waals surface area (Å²) in [6, 6.07) is 9.86. The van der Waals surface area contributed by atoms with E-state index in [0.29, 0.717) is 5.84 Å². The average Bonchev–Trinajstić information content (AvgIpc) is 2.80. The van der Waals surface area contributed by atoms with E-state index in [-0.39, 0.29) is 0 Å². The van der Waals surface area contributed by atoms with E-state index in [4.69, 9.17) is 5.41 Å². The molecule has 0 radical (unpaired) electrons. The smallest absolute Gasteiger partial charge is 0.128 e. The van der Waals surface area contributed by atoms with Gasteiger partial charge >= 0.3 is 0 Å². The van der Waals surface area contributed by atoms with Crippen LogP contribution < -0.4 is 0 Å². The fourth-order valence-corrected chi connectivity index (χ4v) is 1.92. The van der Waals surface area contributed by atoms with Gasteiger partial charge in [-0.3, -0.25) is 5.41 Å². The zero-order chi connectivity index (χ0) is 11.7. The molecule has 1 N–H and O–H groups in total. The van der Waals surface area contributed by atoms with Gasteiger partial charge in [0.05, 0.1) is 5.69 Å². The Labute approximate surface area is 100.0 Å². The van der Waals surface area contributed by atoms with Crippen molar-refractivity contribution in [1.82, 2.24) is 14.7 Å². The standard InChI is InChI=1S/C13H14N4/c14-13(16-8-2-9-16)11-3-5-12(6-4-11)17-10-1-7-15-17/h1,3-7,10,14H,2,8-9H2. The van der Waals surface area contributed by atoms with Gasteiger partial charge in [0.1, 0.15) is 5.84 Å². The molecule has 2 aromatic rings. The molecule has 0 saturated carbocycles. The summed E-state index contributed by atoms with van der Waals surface area (Å²) in [5.74, 6) is 0.628. The van der Waals surface area contributed by atoms with Gasteiger partial charge in [-0.05, 0) is 36.8 Å². The highest BCUT2D eigenvalue weighted by Crippen LogP contribution is 2.14. The molecule has 1 aromatic carbocycles. The van der Waals surface area contributed by atoms with E-state index >= 15 is 0 Å². The lowest BCUT2D eigenvalue weighted by molar-refractivity contribution is 0.299. The van der Waals surface area contributed by atoms with Crippen molar-refractivity contribution in [1.29, 1.82) is 5.41 Å². The molecule has 0 amide bonds. The van der Waals surface area contributed by atoms with Gasteiger partial charge in [0.2, 0.25) is 0 Å². The van der Waals surface area contributed by atoms with Gasteiger partial charge in [-0.2, -0.15) is 5.10 Å². The highest BCUT2D eigenvalue weighted by Gasteiger charge is 2.18. The van der Waals surface area contributed by atoms with Crippen molar-refractivity contribution in [2.24, 2.45) is 0 Å². The first kappa shape index (κ1) is 10.1. The fourth-order valence-electron chi connectivity index (χ4n) is 1.92. The summed E-state index contributed by atoms with van der Waals surface area (Å²) in [6.45, 7) is 2.03. The Morgan fingerprint density at radius 3 is 2.47 bits per heavy atom. The molecule has 3 rings (SSSR count). The third-order valence-electron chi connectivity index (χ3n) is 3.08. The van der Waals surface area contributed by atoms with Crippen LogP contribution in [0.2, 0.25) is 0 Å². The Morgan fingerprint density at radius 2 is 1.94 bits per heavy atom. The molecule has 0 aliphatic carbocycles. The lowest BCUT2D eigenvalue weighted by atomic mass is 10.1. The Balaban J connectivity index is 1.82. The second-order valence-corrected chi connectivity index (χ2v) is 4.19. The Hall–Kier alpha value is -2.10. The number of likely N-dealkylation sites (tertiary alicyclic amines) is 1. The quantitative estimate of drug-likeness (QED) is 0.628. The first-order valence-corrected chi connectivity index (χ1v) is 5.78. The minimum atomic E-state index is 0.628. The van der Waals surface area contributed by atoms with Gasteiger partial charge in [-0.25, -0.2) is 4.68 Å². The molecular weight excluding hydrogens is 212 g/mol. The molecule has 0 atom stereocenters. The number of rotatable bonds is 2. The van der Waals surface area contributed by atoms with Gasteiger partial charge in [-0.1, -0.05) is 0 Å². The van der Waals surface area contributed by atoms with Crippen LogP contribution in [0.3, 0.4) is 0 Å². The normalized spacial score (nSPS) is 14.5. The Kier molecular flexibility index (Phi) is 2.40. The number of hydrogen-bond acceptors (Lipinski definition) is 2. The average molecular weight is 226 g/mol. The summed E-state index contributed by atoms with van der Waals surface area (Å²) >= 11 is 0. The minimum Gasteiger partial charge on any atom is -0.356 e. The lowest BCUT2D eigenvalue weighted by Gasteiger charge is -2.33. The second-order valence-electron chi connectivity index (χ2n) is 4.19. The van der Waals surface area contributed by atoms with Crippen molar-refractivity contribution in [2.45, 2.75) is 6.42 Å². The van der Waals surface area contributed by atoms with Crippen LogP contribution in [0.1, 0.15) is 12.0 Å². The SMILES string of the molecule is N=C(c1ccc(-n2cccn2)cc1)N1CCC1. The van der Waals surface area contributed by atoms with Crippen LogP contribution in [0.5, 0.6) is 0 Å². The molecule has 4 nitrogen and oxygen atoms in total. The number of hydrogen-bond donors (Lipinski definition) is 1. The van der Waals surface area contributed by atoms with E-state index in [1.165, 1.54) is 6.42 Å². The molecule has 1 aliphatic rings. The van der Waals surface area contributed by atoms with Crippen LogP contribution in [-0.2, 0) is 0 Å². The lowest BCUT2D eigenvalue weighted by Crippen LogP contribution is -2.42. The van der Waals surface area contributed by atoms with Crippen LogP contribution >= 0.6 is 0 Å². The monoisotopic (exact) mass is 226 g/mol. The number of benzene rings is 1. The Morgan fingerprint density at radius 1 is 1.18 bits per heavy atom. The van der Waals surface area contributed by atoms with Crippen LogP contribution in [0, 0.1) is 5.41 Å². The summed E-state index contributed by atoms with van der Waals surface area (Å²) in [6.07, 6.45) is 4.87. The van der Waals surface area contributed by atoms with Crippen molar-refractivity contribution < 1.29 is 0 Å².